The number of aromatic nitrogens is 2. The standard InChI is InChI=1S/C13H21N3O4S/c1-8(11-4-5-11)6-14-21(19,20)13-9(2)15-16(10(13)3)7-12(17)18/h8,11,14H,4-7H2,1-3H3,(H,17,18). The maximum atomic E-state index is 12.4. The van der Waals surface area contributed by atoms with Gasteiger partial charge in [-0.3, -0.25) is 9.48 Å². The first-order valence-electron chi connectivity index (χ1n) is 6.98. The van der Waals surface area contributed by atoms with Crippen LogP contribution in [0.1, 0.15) is 31.2 Å². The minimum absolute atomic E-state index is 0.0896. The van der Waals surface area contributed by atoms with Crippen LogP contribution in [0.15, 0.2) is 4.90 Å². The molecule has 1 aliphatic rings. The van der Waals surface area contributed by atoms with Crippen molar-refractivity contribution in [2.24, 2.45) is 11.8 Å². The summed E-state index contributed by atoms with van der Waals surface area (Å²) in [5, 5.41) is 12.8. The van der Waals surface area contributed by atoms with Gasteiger partial charge < -0.3 is 5.11 Å². The maximum Gasteiger partial charge on any atom is 0.325 e. The summed E-state index contributed by atoms with van der Waals surface area (Å²) in [6.45, 7) is 5.23. The topological polar surface area (TPSA) is 101 Å². The van der Waals surface area contributed by atoms with Crippen molar-refractivity contribution >= 4 is 16.0 Å². The van der Waals surface area contributed by atoms with Crippen molar-refractivity contribution < 1.29 is 18.3 Å². The van der Waals surface area contributed by atoms with Crippen LogP contribution in [-0.2, 0) is 21.4 Å². The highest BCUT2D eigenvalue weighted by Crippen LogP contribution is 2.36. The van der Waals surface area contributed by atoms with Gasteiger partial charge in [0.15, 0.2) is 0 Å². The molecule has 7 nitrogen and oxygen atoms in total. The average Bonchev–Trinajstić information content (AvgIpc) is 3.14. The van der Waals surface area contributed by atoms with E-state index in [0.29, 0.717) is 29.8 Å². The third kappa shape index (κ3) is 3.62. The zero-order valence-corrected chi connectivity index (χ0v) is 13.3. The predicted octanol–water partition coefficient (Wildman–Crippen LogP) is 0.909. The van der Waals surface area contributed by atoms with E-state index in [0.717, 1.165) is 12.8 Å². The van der Waals surface area contributed by atoms with Crippen LogP contribution in [0.25, 0.3) is 0 Å². The molecular weight excluding hydrogens is 294 g/mol. The first-order valence-corrected chi connectivity index (χ1v) is 8.46. The van der Waals surface area contributed by atoms with E-state index in [1.165, 1.54) is 4.68 Å². The third-order valence-electron chi connectivity index (χ3n) is 3.89. The molecule has 1 saturated carbocycles. The Morgan fingerprint density at radius 1 is 1.48 bits per heavy atom. The number of hydrogen-bond acceptors (Lipinski definition) is 4. The molecular formula is C13H21N3O4S. The fourth-order valence-electron chi connectivity index (χ4n) is 2.50. The molecule has 0 spiro atoms. The number of nitrogens with zero attached hydrogens (tertiary/aromatic N) is 2. The van der Waals surface area contributed by atoms with Gasteiger partial charge in [0.1, 0.15) is 11.4 Å². The van der Waals surface area contributed by atoms with Gasteiger partial charge in [0.25, 0.3) is 0 Å². The number of carboxylic acids is 1. The zero-order chi connectivity index (χ0) is 15.8. The van der Waals surface area contributed by atoms with E-state index in [9.17, 15) is 13.2 Å². The minimum atomic E-state index is -3.66. The van der Waals surface area contributed by atoms with E-state index in [2.05, 4.69) is 9.82 Å². The van der Waals surface area contributed by atoms with Gasteiger partial charge in [-0.15, -0.1) is 0 Å². The fraction of sp³-hybridized carbons (Fsp3) is 0.692. The van der Waals surface area contributed by atoms with Crippen LogP contribution in [0.5, 0.6) is 0 Å². The van der Waals surface area contributed by atoms with Crippen molar-refractivity contribution in [3.05, 3.63) is 11.4 Å². The Bertz CT molecular complexity index is 647. The quantitative estimate of drug-likeness (QED) is 0.779. The lowest BCUT2D eigenvalue weighted by atomic mass is 10.1. The van der Waals surface area contributed by atoms with Crippen LogP contribution < -0.4 is 4.72 Å². The lowest BCUT2D eigenvalue weighted by Gasteiger charge is -2.12. The van der Waals surface area contributed by atoms with Gasteiger partial charge in [-0.1, -0.05) is 6.92 Å². The molecule has 1 fully saturated rings. The van der Waals surface area contributed by atoms with Crippen molar-refractivity contribution in [3.8, 4) is 0 Å². The normalized spacial score (nSPS) is 16.9. The SMILES string of the molecule is Cc1nn(CC(=O)O)c(C)c1S(=O)(=O)NCC(C)C1CC1. The summed E-state index contributed by atoms with van der Waals surface area (Å²) < 4.78 is 28.6. The van der Waals surface area contributed by atoms with Crippen molar-refractivity contribution in [1.29, 1.82) is 0 Å². The second kappa shape index (κ2) is 5.76. The van der Waals surface area contributed by atoms with Crippen molar-refractivity contribution in [2.45, 2.75) is 45.1 Å². The molecule has 21 heavy (non-hydrogen) atoms. The highest BCUT2D eigenvalue weighted by molar-refractivity contribution is 7.89. The van der Waals surface area contributed by atoms with Crippen LogP contribution in [-0.4, -0.2) is 35.8 Å². The molecule has 1 heterocycles. The number of carboxylic acid groups (broad SMARTS) is 1. The molecule has 118 valence electrons. The van der Waals surface area contributed by atoms with Gasteiger partial charge in [0.2, 0.25) is 10.0 Å². The van der Waals surface area contributed by atoms with Crippen LogP contribution in [0.3, 0.4) is 0 Å². The van der Waals surface area contributed by atoms with Crippen LogP contribution in [0.4, 0.5) is 0 Å². The van der Waals surface area contributed by atoms with E-state index in [-0.39, 0.29) is 11.4 Å². The van der Waals surface area contributed by atoms with Gasteiger partial charge >= 0.3 is 5.97 Å². The second-order valence-electron chi connectivity index (χ2n) is 5.72. The molecule has 8 heteroatoms. The van der Waals surface area contributed by atoms with E-state index in [1.54, 1.807) is 13.8 Å². The molecule has 2 rings (SSSR count). The van der Waals surface area contributed by atoms with Crippen LogP contribution in [0, 0.1) is 25.7 Å². The van der Waals surface area contributed by atoms with E-state index in [1.807, 2.05) is 6.92 Å². The van der Waals surface area contributed by atoms with Gasteiger partial charge in [0.05, 0.1) is 11.4 Å². The minimum Gasteiger partial charge on any atom is -0.480 e. The zero-order valence-electron chi connectivity index (χ0n) is 12.5. The Hall–Kier alpha value is -1.41. The largest absolute Gasteiger partial charge is 0.480 e. The summed E-state index contributed by atoms with van der Waals surface area (Å²) in [6, 6.07) is 0. The molecule has 0 radical (unpaired) electrons. The Morgan fingerprint density at radius 3 is 2.62 bits per heavy atom. The fourth-order valence-corrected chi connectivity index (χ4v) is 4.05. The van der Waals surface area contributed by atoms with Crippen LogP contribution in [0.2, 0.25) is 0 Å². The van der Waals surface area contributed by atoms with Crippen LogP contribution >= 0.6 is 0 Å². The summed E-state index contributed by atoms with van der Waals surface area (Å²) in [6.07, 6.45) is 2.33. The van der Waals surface area contributed by atoms with E-state index < -0.39 is 16.0 Å². The van der Waals surface area contributed by atoms with Gasteiger partial charge in [-0.05, 0) is 38.5 Å². The summed E-state index contributed by atoms with van der Waals surface area (Å²) in [7, 11) is -3.66. The average molecular weight is 315 g/mol. The predicted molar refractivity (Wildman–Crippen MR) is 76.4 cm³/mol. The number of carbonyl (C=O) groups is 1. The summed E-state index contributed by atoms with van der Waals surface area (Å²) in [5.74, 6) is -0.126. The Kier molecular flexibility index (Phi) is 4.38. The monoisotopic (exact) mass is 315 g/mol. The van der Waals surface area contributed by atoms with Gasteiger partial charge in [-0.2, -0.15) is 5.10 Å². The Balaban J connectivity index is 2.18. The summed E-state index contributed by atoms with van der Waals surface area (Å²) >= 11 is 0. The molecule has 0 saturated heterocycles. The van der Waals surface area contributed by atoms with Gasteiger partial charge in [-0.25, -0.2) is 13.1 Å². The molecule has 0 aliphatic heterocycles. The molecule has 0 amide bonds. The Morgan fingerprint density at radius 2 is 2.10 bits per heavy atom. The highest BCUT2D eigenvalue weighted by atomic mass is 32.2. The van der Waals surface area contributed by atoms with Crippen molar-refractivity contribution in [3.63, 3.8) is 0 Å². The third-order valence-corrected chi connectivity index (χ3v) is 5.57. The molecule has 2 N–H and O–H groups in total. The lowest BCUT2D eigenvalue weighted by molar-refractivity contribution is -0.137. The highest BCUT2D eigenvalue weighted by Gasteiger charge is 2.30. The summed E-state index contributed by atoms with van der Waals surface area (Å²) in [4.78, 5) is 10.9. The molecule has 1 aromatic rings. The van der Waals surface area contributed by atoms with Gasteiger partial charge in [0, 0.05) is 6.54 Å². The number of nitrogens with one attached hydrogen (secondary N) is 1. The molecule has 1 aliphatic carbocycles. The van der Waals surface area contributed by atoms with E-state index >= 15 is 0 Å². The second-order valence-corrected chi connectivity index (χ2v) is 7.42. The van der Waals surface area contributed by atoms with E-state index in [4.69, 9.17) is 5.11 Å². The van der Waals surface area contributed by atoms with Crippen molar-refractivity contribution in [2.75, 3.05) is 6.54 Å². The molecule has 1 aromatic heterocycles. The van der Waals surface area contributed by atoms with Crippen molar-refractivity contribution in [1.82, 2.24) is 14.5 Å². The number of hydrogen-bond donors (Lipinski definition) is 2. The number of aryl methyl sites for hydroxylation is 1. The molecule has 0 bridgehead atoms. The number of rotatable bonds is 7. The molecule has 1 atom stereocenters. The first-order chi connectivity index (χ1) is 9.72. The number of aliphatic carboxylic acids is 1. The molecule has 0 aromatic carbocycles. The number of sulfonamides is 1. The molecule has 1 unspecified atom stereocenters. The maximum absolute atomic E-state index is 12.4. The lowest BCUT2D eigenvalue weighted by Crippen LogP contribution is -2.30. The first kappa shape index (κ1) is 16.0. The smallest absolute Gasteiger partial charge is 0.325 e. The summed E-state index contributed by atoms with van der Waals surface area (Å²) in [5.41, 5.74) is 0.668. The Labute approximate surface area is 124 Å².